The van der Waals surface area contributed by atoms with Crippen molar-refractivity contribution in [1.82, 2.24) is 4.98 Å². The summed E-state index contributed by atoms with van der Waals surface area (Å²) in [6.07, 6.45) is 2.67. The van der Waals surface area contributed by atoms with E-state index >= 15 is 0 Å². The lowest BCUT2D eigenvalue weighted by molar-refractivity contribution is 0.0987. The minimum atomic E-state index is -0.425. The second kappa shape index (κ2) is 10.4. The monoisotopic (exact) mass is 531 g/mol. The number of ether oxygens (including phenoxy) is 1. The molecule has 0 bridgehead atoms. The number of aromatic nitrogens is 1. The molecule has 0 radical (unpaired) electrons. The van der Waals surface area contributed by atoms with Crippen molar-refractivity contribution >= 4 is 49.8 Å². The van der Waals surface area contributed by atoms with Gasteiger partial charge in [-0.05, 0) is 67.1 Å². The molecule has 0 N–H and O–H groups in total. The first-order chi connectivity index (χ1) is 19.0. The second-order valence-electron chi connectivity index (χ2n) is 8.79. The topological polar surface area (TPSA) is 85.0 Å². The number of nitrogens with zero attached hydrogens (tertiary/aromatic N) is 3. The Hall–Kier alpha value is -5.08. The van der Waals surface area contributed by atoms with Crippen molar-refractivity contribution in [2.45, 2.75) is 6.92 Å². The Bertz CT molecular complexity index is 1910. The molecular formula is C31H21N3O4S. The summed E-state index contributed by atoms with van der Waals surface area (Å²) in [6.45, 7) is 2.00. The van der Waals surface area contributed by atoms with Crippen LogP contribution < -0.4 is 15.2 Å². The molecule has 2 heterocycles. The van der Waals surface area contributed by atoms with Gasteiger partial charge in [0.2, 0.25) is 10.6 Å². The predicted octanol–water partition coefficient (Wildman–Crippen LogP) is 7.18. The van der Waals surface area contributed by atoms with Crippen LogP contribution in [-0.2, 0) is 0 Å². The summed E-state index contributed by atoms with van der Waals surface area (Å²) in [5.41, 5.74) is 2.63. The van der Waals surface area contributed by atoms with E-state index in [4.69, 9.17) is 9.15 Å². The molecule has 0 saturated carbocycles. The molecule has 0 fully saturated rings. The number of rotatable bonds is 6. The SMILES string of the molecule is Cc1ccc2nc(N(/N=C/c3coc4ccccc4c3=O)C(=O)c3cccc(Oc4ccccc4)c3)sc2c1. The Morgan fingerprint density at radius 1 is 0.949 bits per heavy atom. The van der Waals surface area contributed by atoms with Gasteiger partial charge in [0.25, 0.3) is 5.91 Å². The summed E-state index contributed by atoms with van der Waals surface area (Å²) in [4.78, 5) is 31.5. The van der Waals surface area contributed by atoms with Crippen LogP contribution >= 0.6 is 11.3 Å². The lowest BCUT2D eigenvalue weighted by Gasteiger charge is -2.14. The van der Waals surface area contributed by atoms with E-state index in [0.717, 1.165) is 15.8 Å². The molecule has 0 unspecified atom stereocenters. The number of hydrogen-bond donors (Lipinski definition) is 0. The van der Waals surface area contributed by atoms with Crippen LogP contribution in [0.3, 0.4) is 0 Å². The molecule has 1 amide bonds. The van der Waals surface area contributed by atoms with Gasteiger partial charge >= 0.3 is 0 Å². The number of aryl methyl sites for hydroxylation is 1. The molecule has 2 aromatic heterocycles. The van der Waals surface area contributed by atoms with Gasteiger partial charge in [0.1, 0.15) is 23.3 Å². The number of para-hydroxylation sites is 2. The maximum Gasteiger partial charge on any atom is 0.280 e. The number of hydrazone groups is 1. The van der Waals surface area contributed by atoms with Gasteiger partial charge in [-0.1, -0.05) is 53.8 Å². The van der Waals surface area contributed by atoms with E-state index in [1.165, 1.54) is 28.8 Å². The summed E-state index contributed by atoms with van der Waals surface area (Å²) in [6, 6.07) is 29.0. The van der Waals surface area contributed by atoms with Crippen molar-refractivity contribution in [3.63, 3.8) is 0 Å². The van der Waals surface area contributed by atoms with Crippen LogP contribution in [0.25, 0.3) is 21.2 Å². The van der Waals surface area contributed by atoms with Crippen LogP contribution in [0.4, 0.5) is 5.13 Å². The van der Waals surface area contributed by atoms with Crippen LogP contribution in [0.2, 0.25) is 0 Å². The number of carbonyl (C=O) groups excluding carboxylic acids is 1. The maximum atomic E-state index is 13.8. The molecular weight excluding hydrogens is 510 g/mol. The Labute approximate surface area is 227 Å². The number of anilines is 1. The molecule has 4 aromatic carbocycles. The Kier molecular flexibility index (Phi) is 6.44. The first-order valence-electron chi connectivity index (χ1n) is 12.1. The molecule has 6 rings (SSSR count). The summed E-state index contributed by atoms with van der Waals surface area (Å²) in [7, 11) is 0. The molecule has 190 valence electrons. The van der Waals surface area contributed by atoms with E-state index in [0.29, 0.717) is 33.2 Å². The number of benzene rings is 4. The van der Waals surface area contributed by atoms with E-state index in [-0.39, 0.29) is 11.0 Å². The zero-order valence-corrected chi connectivity index (χ0v) is 21.6. The van der Waals surface area contributed by atoms with E-state index < -0.39 is 5.91 Å². The van der Waals surface area contributed by atoms with Crippen LogP contribution in [0.1, 0.15) is 21.5 Å². The summed E-state index contributed by atoms with van der Waals surface area (Å²) < 4.78 is 12.5. The minimum Gasteiger partial charge on any atom is -0.463 e. The normalized spacial score (nSPS) is 11.3. The first-order valence-corrected chi connectivity index (χ1v) is 13.0. The standard InChI is InChI=1S/C31H21N3O4S/c1-20-14-15-26-28(16-20)39-31(33-26)34(32-18-22-19-37-27-13-6-5-12-25(27)29(22)35)30(36)21-8-7-11-24(17-21)38-23-9-3-2-4-10-23/h2-19H,1H3/b32-18+. The van der Waals surface area contributed by atoms with Crippen molar-refractivity contribution in [3.05, 3.63) is 130 Å². The molecule has 0 saturated heterocycles. The molecule has 0 aliphatic carbocycles. The van der Waals surface area contributed by atoms with E-state index in [2.05, 4.69) is 10.1 Å². The van der Waals surface area contributed by atoms with Crippen molar-refractivity contribution in [2.75, 3.05) is 5.01 Å². The Morgan fingerprint density at radius 3 is 2.62 bits per heavy atom. The Morgan fingerprint density at radius 2 is 1.74 bits per heavy atom. The first kappa shape index (κ1) is 24.3. The average Bonchev–Trinajstić information content (AvgIpc) is 3.38. The van der Waals surface area contributed by atoms with Crippen LogP contribution in [-0.4, -0.2) is 17.1 Å². The zero-order chi connectivity index (χ0) is 26.8. The average molecular weight is 532 g/mol. The molecule has 0 aliphatic rings. The number of hydrogen-bond acceptors (Lipinski definition) is 7. The van der Waals surface area contributed by atoms with Gasteiger partial charge in [0, 0.05) is 5.56 Å². The Balaban J connectivity index is 1.40. The molecule has 0 aliphatic heterocycles. The molecule has 39 heavy (non-hydrogen) atoms. The third-order valence-corrected chi connectivity index (χ3v) is 6.98. The summed E-state index contributed by atoms with van der Waals surface area (Å²) >= 11 is 1.34. The van der Waals surface area contributed by atoms with Gasteiger partial charge in [-0.15, -0.1) is 0 Å². The molecule has 0 atom stereocenters. The maximum absolute atomic E-state index is 13.8. The molecule has 6 aromatic rings. The lowest BCUT2D eigenvalue weighted by Crippen LogP contribution is -2.26. The van der Waals surface area contributed by atoms with Crippen molar-refractivity contribution in [3.8, 4) is 11.5 Å². The highest BCUT2D eigenvalue weighted by molar-refractivity contribution is 7.22. The van der Waals surface area contributed by atoms with Crippen LogP contribution in [0.15, 0.2) is 118 Å². The molecule has 7 nitrogen and oxygen atoms in total. The largest absolute Gasteiger partial charge is 0.463 e. The predicted molar refractivity (Wildman–Crippen MR) is 154 cm³/mol. The fourth-order valence-electron chi connectivity index (χ4n) is 4.04. The van der Waals surface area contributed by atoms with Gasteiger partial charge in [0.05, 0.1) is 27.4 Å². The van der Waals surface area contributed by atoms with Gasteiger partial charge < -0.3 is 9.15 Å². The summed E-state index contributed by atoms with van der Waals surface area (Å²) in [5.74, 6) is 0.735. The van der Waals surface area contributed by atoms with Gasteiger partial charge in [-0.3, -0.25) is 9.59 Å². The number of carbonyl (C=O) groups is 1. The van der Waals surface area contributed by atoms with Gasteiger partial charge in [0.15, 0.2) is 0 Å². The number of fused-ring (bicyclic) bond motifs is 2. The van der Waals surface area contributed by atoms with Crippen molar-refractivity contribution < 1.29 is 13.9 Å². The smallest absolute Gasteiger partial charge is 0.280 e. The third kappa shape index (κ3) is 5.05. The van der Waals surface area contributed by atoms with E-state index in [9.17, 15) is 9.59 Å². The van der Waals surface area contributed by atoms with Crippen LogP contribution in [0, 0.1) is 6.92 Å². The van der Waals surface area contributed by atoms with Gasteiger partial charge in [-0.25, -0.2) is 4.98 Å². The molecule has 8 heteroatoms. The fourth-order valence-corrected chi connectivity index (χ4v) is 5.06. The minimum absolute atomic E-state index is 0.213. The second-order valence-corrected chi connectivity index (χ2v) is 9.80. The fraction of sp³-hybridized carbons (Fsp3) is 0.0323. The quantitative estimate of drug-likeness (QED) is 0.168. The lowest BCUT2D eigenvalue weighted by atomic mass is 10.2. The third-order valence-electron chi connectivity index (χ3n) is 5.99. The van der Waals surface area contributed by atoms with Crippen molar-refractivity contribution in [2.24, 2.45) is 5.10 Å². The van der Waals surface area contributed by atoms with Crippen LogP contribution in [0.5, 0.6) is 11.5 Å². The highest BCUT2D eigenvalue weighted by atomic mass is 32.1. The highest BCUT2D eigenvalue weighted by Gasteiger charge is 2.22. The van der Waals surface area contributed by atoms with E-state index in [1.54, 1.807) is 48.5 Å². The zero-order valence-electron chi connectivity index (χ0n) is 20.8. The van der Waals surface area contributed by atoms with E-state index in [1.807, 2.05) is 55.5 Å². The summed E-state index contributed by atoms with van der Waals surface area (Å²) in [5, 5.41) is 6.45. The number of thiazole rings is 1. The molecule has 0 spiro atoms. The number of amides is 1. The van der Waals surface area contributed by atoms with Gasteiger partial charge in [-0.2, -0.15) is 10.1 Å². The highest BCUT2D eigenvalue weighted by Crippen LogP contribution is 2.31. The van der Waals surface area contributed by atoms with Crippen molar-refractivity contribution in [1.29, 1.82) is 0 Å².